The number of likely N-dealkylation sites (N-methyl/N-ethyl adjacent to an activating group) is 1. The van der Waals surface area contributed by atoms with Crippen molar-refractivity contribution in [3.05, 3.63) is 72.0 Å². The van der Waals surface area contributed by atoms with Gasteiger partial charge in [0.15, 0.2) is 0 Å². The number of aliphatic imine (C=N–C) groups is 1. The highest BCUT2D eigenvalue weighted by molar-refractivity contribution is 6.03. The molecule has 0 bridgehead atoms. The predicted octanol–water partition coefficient (Wildman–Crippen LogP) is 3.98. The van der Waals surface area contributed by atoms with Crippen LogP contribution in [0.5, 0.6) is 0 Å². The summed E-state index contributed by atoms with van der Waals surface area (Å²) < 4.78 is 0. The van der Waals surface area contributed by atoms with Crippen molar-refractivity contribution >= 4 is 5.71 Å². The molecule has 0 aromatic heterocycles. The van der Waals surface area contributed by atoms with Crippen molar-refractivity contribution in [3.8, 4) is 0 Å². The summed E-state index contributed by atoms with van der Waals surface area (Å²) in [5.41, 5.74) is 3.57. The Kier molecular flexibility index (Phi) is 4.79. The fourth-order valence-electron chi connectivity index (χ4n) is 2.57. The molecule has 0 radical (unpaired) electrons. The molecule has 2 rings (SSSR count). The van der Waals surface area contributed by atoms with Gasteiger partial charge in [0.2, 0.25) is 0 Å². The van der Waals surface area contributed by atoms with Gasteiger partial charge in [0.1, 0.15) is 0 Å². The van der Waals surface area contributed by atoms with Crippen molar-refractivity contribution in [2.45, 2.75) is 19.3 Å². The van der Waals surface area contributed by atoms with Crippen molar-refractivity contribution < 1.29 is 0 Å². The van der Waals surface area contributed by atoms with Crippen molar-refractivity contribution in [1.82, 2.24) is 4.90 Å². The van der Waals surface area contributed by atoms with E-state index in [-0.39, 0.29) is 5.41 Å². The van der Waals surface area contributed by atoms with E-state index in [1.165, 1.54) is 11.1 Å². The van der Waals surface area contributed by atoms with Crippen molar-refractivity contribution in [2.24, 2.45) is 4.99 Å². The highest BCUT2D eigenvalue weighted by Crippen LogP contribution is 2.25. The number of rotatable bonds is 4. The van der Waals surface area contributed by atoms with Gasteiger partial charge in [-0.1, -0.05) is 56.3 Å². The van der Waals surface area contributed by atoms with E-state index in [1.54, 1.807) is 0 Å². The van der Waals surface area contributed by atoms with Crippen LogP contribution in [0.2, 0.25) is 0 Å². The van der Waals surface area contributed by atoms with Gasteiger partial charge in [-0.25, -0.2) is 0 Å². The van der Waals surface area contributed by atoms with Crippen molar-refractivity contribution in [3.63, 3.8) is 0 Å². The zero-order chi connectivity index (χ0) is 15.3. The fourth-order valence-corrected chi connectivity index (χ4v) is 2.57. The van der Waals surface area contributed by atoms with Crippen LogP contribution in [0, 0.1) is 0 Å². The first-order valence-electron chi connectivity index (χ1n) is 7.32. The molecule has 0 unspecified atom stereocenters. The van der Waals surface area contributed by atoms with Crippen LogP contribution in [-0.4, -0.2) is 31.3 Å². The maximum atomic E-state index is 4.51. The van der Waals surface area contributed by atoms with Gasteiger partial charge in [-0.05, 0) is 29.5 Å². The molecule has 1 aliphatic heterocycles. The summed E-state index contributed by atoms with van der Waals surface area (Å²) in [5, 5.41) is 0. The molecule has 0 N–H and O–H groups in total. The summed E-state index contributed by atoms with van der Waals surface area (Å²) in [6.45, 7) is 5.38. The highest BCUT2D eigenvalue weighted by atomic mass is 15.1. The zero-order valence-electron chi connectivity index (χ0n) is 13.4. The number of hydrogen-bond donors (Lipinski definition) is 0. The third-order valence-corrected chi connectivity index (χ3v) is 3.91. The normalized spacial score (nSPS) is 16.5. The Morgan fingerprint density at radius 2 is 1.95 bits per heavy atom. The molecule has 0 saturated carbocycles. The Balaban J connectivity index is 2.21. The minimum atomic E-state index is -0.0938. The van der Waals surface area contributed by atoms with Gasteiger partial charge >= 0.3 is 0 Å². The lowest BCUT2D eigenvalue weighted by molar-refractivity contribution is 0.495. The van der Waals surface area contributed by atoms with Crippen molar-refractivity contribution in [1.29, 1.82) is 0 Å². The minimum Gasteiger partial charge on any atom is -0.376 e. The molecule has 110 valence electrons. The lowest BCUT2D eigenvalue weighted by Crippen LogP contribution is -2.27. The van der Waals surface area contributed by atoms with Crippen LogP contribution >= 0.6 is 0 Å². The maximum absolute atomic E-state index is 4.51. The molecule has 0 spiro atoms. The average molecular weight is 280 g/mol. The van der Waals surface area contributed by atoms with E-state index in [1.807, 2.05) is 13.1 Å². The summed E-state index contributed by atoms with van der Waals surface area (Å²) in [6, 6.07) is 10.5. The van der Waals surface area contributed by atoms with Crippen LogP contribution in [0.1, 0.15) is 19.4 Å². The topological polar surface area (TPSA) is 15.6 Å². The molecule has 0 amide bonds. The third-order valence-electron chi connectivity index (χ3n) is 3.91. The smallest absolute Gasteiger partial charge is 0.0445 e. The third kappa shape index (κ3) is 3.72. The number of allylic oxidation sites excluding steroid dienone is 3. The molecule has 1 heterocycles. The second kappa shape index (κ2) is 6.57. The Labute approximate surface area is 128 Å². The molecule has 1 aliphatic rings. The Bertz CT molecular complexity index is 589. The molecule has 1 aromatic carbocycles. The molecule has 0 atom stereocenters. The van der Waals surface area contributed by atoms with Gasteiger partial charge in [-0.2, -0.15) is 0 Å². The standard InChI is InChI=1S/C19H24N2/c1-19(2,17-10-6-5-7-11-17)18(20-3)13-12-16-9-8-14-21(4)15-16/h5-14H,15H2,1-4H3/b13-12+,20-18?. The van der Waals surface area contributed by atoms with Crippen LogP contribution < -0.4 is 0 Å². The van der Waals surface area contributed by atoms with Crippen LogP contribution in [0.4, 0.5) is 0 Å². The van der Waals surface area contributed by atoms with E-state index < -0.39 is 0 Å². The van der Waals surface area contributed by atoms with Crippen LogP contribution in [0.25, 0.3) is 0 Å². The van der Waals surface area contributed by atoms with E-state index >= 15 is 0 Å². The first-order chi connectivity index (χ1) is 10.0. The second-order valence-electron chi connectivity index (χ2n) is 5.93. The number of benzene rings is 1. The molecular formula is C19H24N2. The molecule has 0 fully saturated rings. The fraction of sp³-hybridized carbons (Fsp3) is 0.316. The Morgan fingerprint density at radius 1 is 1.24 bits per heavy atom. The van der Waals surface area contributed by atoms with Crippen molar-refractivity contribution in [2.75, 3.05) is 20.6 Å². The lowest BCUT2D eigenvalue weighted by Gasteiger charge is -2.26. The molecule has 21 heavy (non-hydrogen) atoms. The summed E-state index contributed by atoms with van der Waals surface area (Å²) in [7, 11) is 3.95. The van der Waals surface area contributed by atoms with E-state index in [9.17, 15) is 0 Å². The number of nitrogens with zero attached hydrogens (tertiary/aromatic N) is 2. The molecule has 0 aliphatic carbocycles. The van der Waals surface area contributed by atoms with Gasteiger partial charge in [-0.15, -0.1) is 0 Å². The van der Waals surface area contributed by atoms with Crippen LogP contribution in [0.3, 0.4) is 0 Å². The molecule has 1 aromatic rings. The highest BCUT2D eigenvalue weighted by Gasteiger charge is 2.24. The first kappa shape index (κ1) is 15.3. The quantitative estimate of drug-likeness (QED) is 0.762. The predicted molar refractivity (Wildman–Crippen MR) is 91.8 cm³/mol. The van der Waals surface area contributed by atoms with Gasteiger partial charge in [-0.3, -0.25) is 4.99 Å². The van der Waals surface area contributed by atoms with Gasteiger partial charge in [0.05, 0.1) is 0 Å². The Morgan fingerprint density at radius 3 is 2.57 bits per heavy atom. The van der Waals surface area contributed by atoms with Gasteiger partial charge in [0.25, 0.3) is 0 Å². The maximum Gasteiger partial charge on any atom is 0.0445 e. The SMILES string of the molecule is CN=C(/C=C/C1=CC=CN(C)C1)C(C)(C)c1ccccc1. The summed E-state index contributed by atoms with van der Waals surface area (Å²) in [5.74, 6) is 0. The monoisotopic (exact) mass is 280 g/mol. The summed E-state index contributed by atoms with van der Waals surface area (Å²) in [4.78, 5) is 6.68. The molecule has 0 saturated heterocycles. The number of hydrogen-bond acceptors (Lipinski definition) is 2. The van der Waals surface area contributed by atoms with Crippen LogP contribution in [0.15, 0.2) is 71.4 Å². The van der Waals surface area contributed by atoms with E-state index in [0.717, 1.165) is 12.3 Å². The molecular weight excluding hydrogens is 256 g/mol. The largest absolute Gasteiger partial charge is 0.376 e. The van der Waals surface area contributed by atoms with Gasteiger partial charge in [0, 0.05) is 31.8 Å². The molecule has 2 heteroatoms. The first-order valence-corrected chi connectivity index (χ1v) is 7.32. The summed E-state index contributed by atoms with van der Waals surface area (Å²) >= 11 is 0. The second-order valence-corrected chi connectivity index (χ2v) is 5.93. The zero-order valence-corrected chi connectivity index (χ0v) is 13.4. The van der Waals surface area contributed by atoms with E-state index in [4.69, 9.17) is 0 Å². The molecule has 2 nitrogen and oxygen atoms in total. The minimum absolute atomic E-state index is 0.0938. The summed E-state index contributed by atoms with van der Waals surface area (Å²) in [6.07, 6.45) is 10.6. The average Bonchev–Trinajstić information content (AvgIpc) is 2.48. The lowest BCUT2D eigenvalue weighted by atomic mass is 9.79. The van der Waals surface area contributed by atoms with E-state index in [0.29, 0.717) is 0 Å². The van der Waals surface area contributed by atoms with Crippen LogP contribution in [-0.2, 0) is 5.41 Å². The van der Waals surface area contributed by atoms with E-state index in [2.05, 4.69) is 85.6 Å². The Hall–Kier alpha value is -2.09. The van der Waals surface area contributed by atoms with Gasteiger partial charge < -0.3 is 4.90 Å².